The van der Waals surface area contributed by atoms with Gasteiger partial charge in [-0.15, -0.1) is 0 Å². The molecule has 5 heteroatoms. The number of hydrogen-bond donors (Lipinski definition) is 1. The molecule has 0 aromatic heterocycles. The highest BCUT2D eigenvalue weighted by Gasteiger charge is 2.45. The van der Waals surface area contributed by atoms with Crippen molar-refractivity contribution >= 4 is 0 Å². The van der Waals surface area contributed by atoms with Crippen LogP contribution in [-0.2, 0) is 0 Å². The summed E-state index contributed by atoms with van der Waals surface area (Å²) >= 11 is 0. The smallest absolute Gasteiger partial charge is 0.0597 e. The summed E-state index contributed by atoms with van der Waals surface area (Å²) in [4.78, 5) is 5.14. The van der Waals surface area contributed by atoms with Gasteiger partial charge >= 0.3 is 0 Å². The lowest BCUT2D eigenvalue weighted by atomic mass is 9.83. The molecule has 3 aliphatic rings. The van der Waals surface area contributed by atoms with Gasteiger partial charge < -0.3 is 10.4 Å². The molecule has 3 rings (SSSR count). The molecule has 1 aliphatic heterocycles. The Morgan fingerprint density at radius 3 is 2.38 bits per heavy atom. The van der Waals surface area contributed by atoms with Crippen LogP contribution in [0.5, 0.6) is 0 Å². The predicted octanol–water partition coefficient (Wildman–Crippen LogP) is 2.64. The van der Waals surface area contributed by atoms with Crippen molar-refractivity contribution in [3.63, 3.8) is 0 Å². The zero-order chi connectivity index (χ0) is 15.0. The van der Waals surface area contributed by atoms with E-state index in [1.54, 1.807) is 0 Å². The Kier molecular flexibility index (Phi) is 4.86. The summed E-state index contributed by atoms with van der Waals surface area (Å²) in [5.74, 6) is 0.317. The van der Waals surface area contributed by atoms with Crippen LogP contribution in [0.15, 0.2) is 0 Å². The van der Waals surface area contributed by atoms with Crippen LogP contribution in [0.25, 0.3) is 0 Å². The Balaban J connectivity index is 1.70. The molecule has 5 nitrogen and oxygen atoms in total. The van der Waals surface area contributed by atoms with Crippen molar-refractivity contribution < 1.29 is 5.21 Å². The van der Waals surface area contributed by atoms with Crippen LogP contribution in [0.1, 0.15) is 58.3 Å². The molecule has 3 fully saturated rings. The van der Waals surface area contributed by atoms with E-state index in [1.807, 2.05) is 0 Å². The van der Waals surface area contributed by atoms with Crippen molar-refractivity contribution in [1.29, 1.82) is 0 Å². The SMILES string of the molecule is CC1N(C)C2CCCCC2N1CC1CCCCC1N([O-])O. The molecule has 21 heavy (non-hydrogen) atoms. The van der Waals surface area contributed by atoms with E-state index >= 15 is 0 Å². The minimum absolute atomic E-state index is 0.195. The monoisotopic (exact) mass is 296 g/mol. The van der Waals surface area contributed by atoms with Crippen molar-refractivity contribution in [2.45, 2.75) is 82.6 Å². The Bertz CT molecular complexity index is 352. The minimum atomic E-state index is -0.195. The fraction of sp³-hybridized carbons (Fsp3) is 1.00. The van der Waals surface area contributed by atoms with Crippen molar-refractivity contribution in [3.8, 4) is 0 Å². The second kappa shape index (κ2) is 6.50. The molecule has 0 spiro atoms. The molecule has 0 bridgehead atoms. The van der Waals surface area contributed by atoms with Gasteiger partial charge in [-0.25, -0.2) is 0 Å². The molecule has 0 aromatic carbocycles. The third-order valence-corrected chi connectivity index (χ3v) is 6.31. The molecule has 2 aliphatic carbocycles. The lowest BCUT2D eigenvalue weighted by Crippen LogP contribution is -2.48. The Morgan fingerprint density at radius 1 is 1.05 bits per heavy atom. The van der Waals surface area contributed by atoms with Gasteiger partial charge in [0.15, 0.2) is 0 Å². The minimum Gasteiger partial charge on any atom is -0.762 e. The molecule has 5 atom stereocenters. The molecule has 1 saturated heterocycles. The quantitative estimate of drug-likeness (QED) is 0.811. The highest BCUT2D eigenvalue weighted by molar-refractivity contribution is 4.99. The van der Waals surface area contributed by atoms with Crippen molar-refractivity contribution in [3.05, 3.63) is 5.21 Å². The highest BCUT2D eigenvalue weighted by atomic mass is 16.8. The van der Waals surface area contributed by atoms with Crippen LogP contribution in [-0.4, -0.2) is 58.1 Å². The first-order valence-electron chi connectivity index (χ1n) is 8.72. The van der Waals surface area contributed by atoms with E-state index in [2.05, 4.69) is 23.8 Å². The zero-order valence-corrected chi connectivity index (χ0v) is 13.4. The van der Waals surface area contributed by atoms with Crippen LogP contribution in [0.3, 0.4) is 0 Å². The summed E-state index contributed by atoms with van der Waals surface area (Å²) in [6.45, 7) is 3.26. The van der Waals surface area contributed by atoms with Gasteiger partial charge in [-0.3, -0.25) is 15.0 Å². The van der Waals surface area contributed by atoms with Crippen LogP contribution in [0.2, 0.25) is 0 Å². The molecular weight excluding hydrogens is 266 g/mol. The van der Waals surface area contributed by atoms with E-state index < -0.39 is 0 Å². The first-order valence-corrected chi connectivity index (χ1v) is 8.72. The predicted molar refractivity (Wildman–Crippen MR) is 82.7 cm³/mol. The van der Waals surface area contributed by atoms with E-state index in [4.69, 9.17) is 0 Å². The third-order valence-electron chi connectivity index (χ3n) is 6.31. The fourth-order valence-corrected chi connectivity index (χ4v) is 4.99. The normalized spacial score (nSPS) is 42.4. The van der Waals surface area contributed by atoms with Gasteiger partial charge in [0, 0.05) is 24.7 Å². The van der Waals surface area contributed by atoms with Gasteiger partial charge in [-0.05, 0) is 45.6 Å². The van der Waals surface area contributed by atoms with Crippen molar-refractivity contribution in [2.75, 3.05) is 13.6 Å². The highest BCUT2D eigenvalue weighted by Crippen LogP contribution is 2.37. The molecule has 0 amide bonds. The van der Waals surface area contributed by atoms with Gasteiger partial charge in [-0.1, -0.05) is 25.7 Å². The van der Waals surface area contributed by atoms with Crippen molar-refractivity contribution in [2.24, 2.45) is 5.92 Å². The lowest BCUT2D eigenvalue weighted by Gasteiger charge is -2.43. The Hall–Kier alpha value is -0.200. The van der Waals surface area contributed by atoms with Crippen LogP contribution in [0, 0.1) is 11.1 Å². The van der Waals surface area contributed by atoms with Gasteiger partial charge in [0.2, 0.25) is 0 Å². The molecule has 0 radical (unpaired) electrons. The lowest BCUT2D eigenvalue weighted by molar-refractivity contribution is -0.111. The molecule has 1 heterocycles. The fourth-order valence-electron chi connectivity index (χ4n) is 4.99. The van der Waals surface area contributed by atoms with Crippen molar-refractivity contribution in [1.82, 2.24) is 15.0 Å². The number of hydrogen-bond acceptors (Lipinski definition) is 5. The molecule has 2 saturated carbocycles. The van der Waals surface area contributed by atoms with Gasteiger partial charge in [0.1, 0.15) is 0 Å². The maximum atomic E-state index is 11.5. The van der Waals surface area contributed by atoms with E-state index in [-0.39, 0.29) is 11.3 Å². The summed E-state index contributed by atoms with van der Waals surface area (Å²) in [6, 6.07) is 1.15. The third kappa shape index (κ3) is 2.99. The van der Waals surface area contributed by atoms with Gasteiger partial charge in [0.25, 0.3) is 0 Å². The van der Waals surface area contributed by atoms with E-state index in [9.17, 15) is 10.4 Å². The number of nitrogens with zero attached hydrogens (tertiary/aromatic N) is 3. The summed E-state index contributed by atoms with van der Waals surface area (Å²) in [6.07, 6.45) is 9.93. The summed E-state index contributed by atoms with van der Waals surface area (Å²) in [5, 5.41) is 21.1. The maximum absolute atomic E-state index is 11.5. The summed E-state index contributed by atoms with van der Waals surface area (Å²) < 4.78 is 0. The summed E-state index contributed by atoms with van der Waals surface area (Å²) in [7, 11) is 2.25. The average Bonchev–Trinajstić information content (AvgIpc) is 2.73. The Labute approximate surface area is 128 Å². The molecule has 0 aromatic rings. The van der Waals surface area contributed by atoms with Gasteiger partial charge in [-0.2, -0.15) is 0 Å². The maximum Gasteiger partial charge on any atom is 0.0597 e. The van der Waals surface area contributed by atoms with E-state index in [0.29, 0.717) is 24.2 Å². The topological polar surface area (TPSA) is 53.0 Å². The first kappa shape index (κ1) is 15.7. The van der Waals surface area contributed by atoms with Crippen LogP contribution >= 0.6 is 0 Å². The average molecular weight is 296 g/mol. The van der Waals surface area contributed by atoms with Crippen LogP contribution < -0.4 is 0 Å². The first-order chi connectivity index (χ1) is 10.1. The standard InChI is InChI=1S/C16H30N3O2/c1-12-17(2)15-9-5-6-10-16(15)18(12)11-13-7-3-4-8-14(13)19(20)21/h12-16,20H,3-11H2,1-2H3/q-1. The second-order valence-corrected chi connectivity index (χ2v) is 7.33. The number of likely N-dealkylation sites (N-methyl/N-ethyl adjacent to an activating group) is 1. The van der Waals surface area contributed by atoms with E-state index in [1.165, 1.54) is 32.1 Å². The molecular formula is C16H30N3O2-. The molecule has 5 unspecified atom stereocenters. The molecule has 122 valence electrons. The van der Waals surface area contributed by atoms with Gasteiger partial charge in [0.05, 0.1) is 6.17 Å². The number of hydroxylamine groups is 2. The zero-order valence-electron chi connectivity index (χ0n) is 13.4. The Morgan fingerprint density at radius 2 is 1.67 bits per heavy atom. The second-order valence-electron chi connectivity index (χ2n) is 7.33. The number of rotatable bonds is 3. The largest absolute Gasteiger partial charge is 0.762 e. The van der Waals surface area contributed by atoms with E-state index in [0.717, 1.165) is 25.8 Å². The molecule has 1 N–H and O–H groups in total. The summed E-state index contributed by atoms with van der Waals surface area (Å²) in [5.41, 5.74) is 0. The number of fused-ring (bicyclic) bond motifs is 1. The van der Waals surface area contributed by atoms with Crippen LogP contribution in [0.4, 0.5) is 0 Å².